The molecule has 222 valence electrons. The SMILES string of the molecule is CCCCCOc1ccc(C2/C(=C(/O)c3ccc4c(c3)OCCO4)C(=O)C(=O)N2c2nc3ccc(OCC)cc3s2)cc1. The van der Waals surface area contributed by atoms with Gasteiger partial charge < -0.3 is 24.1 Å². The molecule has 3 aromatic carbocycles. The zero-order chi connectivity index (χ0) is 29.9. The third-order valence-corrected chi connectivity index (χ3v) is 8.36. The number of hydrogen-bond acceptors (Lipinski definition) is 9. The number of hydrogen-bond donors (Lipinski definition) is 1. The van der Waals surface area contributed by atoms with Crippen LogP contribution in [0.1, 0.15) is 50.3 Å². The van der Waals surface area contributed by atoms with Gasteiger partial charge in [-0.1, -0.05) is 43.2 Å². The number of carbonyl (C=O) groups is 2. The number of ether oxygens (including phenoxy) is 4. The molecular weight excluding hydrogens is 568 g/mol. The monoisotopic (exact) mass is 600 g/mol. The van der Waals surface area contributed by atoms with Crippen molar-refractivity contribution in [3.05, 3.63) is 77.4 Å². The number of benzene rings is 3. The highest BCUT2D eigenvalue weighted by atomic mass is 32.1. The van der Waals surface area contributed by atoms with Gasteiger partial charge in [0.05, 0.1) is 35.0 Å². The van der Waals surface area contributed by atoms with Crippen LogP contribution in [-0.4, -0.2) is 48.2 Å². The Morgan fingerprint density at radius 3 is 2.49 bits per heavy atom. The lowest BCUT2D eigenvalue weighted by Crippen LogP contribution is -2.29. The second kappa shape index (κ2) is 12.3. The van der Waals surface area contributed by atoms with Gasteiger partial charge in [-0.05, 0) is 67.4 Å². The number of aliphatic hydroxyl groups is 1. The highest BCUT2D eigenvalue weighted by Crippen LogP contribution is 2.45. The molecule has 1 atom stereocenters. The molecule has 0 bridgehead atoms. The first kappa shape index (κ1) is 28.5. The second-order valence-electron chi connectivity index (χ2n) is 10.2. The lowest BCUT2D eigenvalue weighted by Gasteiger charge is -2.23. The molecule has 0 spiro atoms. The zero-order valence-electron chi connectivity index (χ0n) is 24.0. The Kier molecular flexibility index (Phi) is 8.20. The molecule has 0 radical (unpaired) electrons. The Hall–Kier alpha value is -4.57. The maximum Gasteiger partial charge on any atom is 0.301 e. The smallest absolute Gasteiger partial charge is 0.301 e. The minimum Gasteiger partial charge on any atom is -0.507 e. The van der Waals surface area contributed by atoms with Crippen molar-refractivity contribution in [3.8, 4) is 23.0 Å². The molecular formula is C33H32N2O7S. The van der Waals surface area contributed by atoms with Crippen molar-refractivity contribution in [2.75, 3.05) is 31.3 Å². The molecule has 3 heterocycles. The van der Waals surface area contributed by atoms with Crippen LogP contribution in [0.2, 0.25) is 0 Å². The summed E-state index contributed by atoms with van der Waals surface area (Å²) in [6.07, 6.45) is 3.14. The van der Waals surface area contributed by atoms with Crippen molar-refractivity contribution < 1.29 is 33.6 Å². The molecule has 2 aliphatic rings. The molecule has 10 heteroatoms. The van der Waals surface area contributed by atoms with E-state index in [1.165, 1.54) is 16.2 Å². The summed E-state index contributed by atoms with van der Waals surface area (Å²) in [5, 5.41) is 11.9. The number of aromatic nitrogens is 1. The third kappa shape index (κ3) is 5.62. The van der Waals surface area contributed by atoms with Crippen molar-refractivity contribution in [1.82, 2.24) is 4.98 Å². The van der Waals surface area contributed by atoms with Crippen molar-refractivity contribution in [2.24, 2.45) is 0 Å². The molecule has 0 aliphatic carbocycles. The number of carbonyl (C=O) groups excluding carboxylic acids is 2. The summed E-state index contributed by atoms with van der Waals surface area (Å²) in [6, 6.07) is 16.8. The third-order valence-electron chi connectivity index (χ3n) is 7.34. The van der Waals surface area contributed by atoms with E-state index in [1.54, 1.807) is 18.2 Å². The van der Waals surface area contributed by atoms with Crippen molar-refractivity contribution in [2.45, 2.75) is 39.2 Å². The molecule has 1 fully saturated rings. The Morgan fingerprint density at radius 2 is 1.72 bits per heavy atom. The molecule has 1 N–H and O–H groups in total. The van der Waals surface area contributed by atoms with Crippen LogP contribution in [0.4, 0.5) is 5.13 Å². The van der Waals surface area contributed by atoms with Crippen LogP contribution in [0.25, 0.3) is 16.0 Å². The average molecular weight is 601 g/mol. The molecule has 0 saturated carbocycles. The van der Waals surface area contributed by atoms with Crippen molar-refractivity contribution in [1.29, 1.82) is 0 Å². The van der Waals surface area contributed by atoms with Crippen LogP contribution in [0.3, 0.4) is 0 Å². The van der Waals surface area contributed by atoms with Crippen LogP contribution in [-0.2, 0) is 9.59 Å². The van der Waals surface area contributed by atoms with Gasteiger partial charge in [0, 0.05) is 5.56 Å². The molecule has 9 nitrogen and oxygen atoms in total. The molecule has 1 unspecified atom stereocenters. The van der Waals surface area contributed by atoms with Gasteiger partial charge in [-0.15, -0.1) is 0 Å². The Bertz CT molecular complexity index is 1700. The fourth-order valence-corrected chi connectivity index (χ4v) is 6.25. The van der Waals surface area contributed by atoms with Gasteiger partial charge in [0.25, 0.3) is 5.78 Å². The molecule has 43 heavy (non-hydrogen) atoms. The van der Waals surface area contributed by atoms with E-state index in [0.717, 1.165) is 24.0 Å². The lowest BCUT2D eigenvalue weighted by molar-refractivity contribution is -0.132. The van der Waals surface area contributed by atoms with E-state index in [0.29, 0.717) is 71.2 Å². The van der Waals surface area contributed by atoms with Gasteiger partial charge in [0.2, 0.25) is 0 Å². The summed E-state index contributed by atoms with van der Waals surface area (Å²) >= 11 is 1.28. The largest absolute Gasteiger partial charge is 0.507 e. The number of unbranched alkanes of at least 4 members (excludes halogenated alkanes) is 2. The molecule has 1 saturated heterocycles. The van der Waals surface area contributed by atoms with Gasteiger partial charge in [0.15, 0.2) is 16.6 Å². The first-order valence-electron chi connectivity index (χ1n) is 14.5. The van der Waals surface area contributed by atoms with E-state index in [9.17, 15) is 14.7 Å². The molecule has 1 amide bonds. The van der Waals surface area contributed by atoms with Gasteiger partial charge in [0.1, 0.15) is 30.5 Å². The van der Waals surface area contributed by atoms with Crippen LogP contribution in [0, 0.1) is 0 Å². The van der Waals surface area contributed by atoms with Gasteiger partial charge in [-0.2, -0.15) is 0 Å². The number of anilines is 1. The average Bonchev–Trinajstić information content (AvgIpc) is 3.56. The highest BCUT2D eigenvalue weighted by molar-refractivity contribution is 7.22. The predicted octanol–water partition coefficient (Wildman–Crippen LogP) is 6.66. The molecule has 2 aliphatic heterocycles. The van der Waals surface area contributed by atoms with Crippen molar-refractivity contribution >= 4 is 44.1 Å². The Balaban J connectivity index is 1.43. The standard InChI is InChI=1S/C33H32N2O7S/c1-3-5-6-15-40-22-10-7-20(8-11-22)29-28(30(36)21-9-14-25-26(18-21)42-17-16-41-25)31(37)32(38)35(29)33-34-24-13-12-23(39-4-2)19-27(24)43-33/h7-14,18-19,29,36H,3-6,15-17H2,1-2H3/b30-28-. The normalized spacial score (nSPS) is 17.4. The summed E-state index contributed by atoms with van der Waals surface area (Å²) in [6.45, 7) is 5.97. The topological polar surface area (TPSA) is 107 Å². The summed E-state index contributed by atoms with van der Waals surface area (Å²) in [7, 11) is 0. The summed E-state index contributed by atoms with van der Waals surface area (Å²) < 4.78 is 23.6. The number of aliphatic hydroxyl groups excluding tert-OH is 1. The Morgan fingerprint density at radius 1 is 0.953 bits per heavy atom. The summed E-state index contributed by atoms with van der Waals surface area (Å²) in [5.41, 5.74) is 1.61. The minimum atomic E-state index is -0.922. The number of fused-ring (bicyclic) bond motifs is 2. The first-order valence-corrected chi connectivity index (χ1v) is 15.3. The zero-order valence-corrected chi connectivity index (χ0v) is 24.8. The van der Waals surface area contributed by atoms with E-state index < -0.39 is 17.7 Å². The highest BCUT2D eigenvalue weighted by Gasteiger charge is 2.48. The Labute approximate surface area is 253 Å². The van der Waals surface area contributed by atoms with Gasteiger partial charge >= 0.3 is 5.91 Å². The number of nitrogens with zero attached hydrogens (tertiary/aromatic N) is 2. The molecule has 6 rings (SSSR count). The first-order chi connectivity index (χ1) is 21.0. The number of ketones is 1. The number of rotatable bonds is 10. The maximum absolute atomic E-state index is 13.7. The summed E-state index contributed by atoms with van der Waals surface area (Å²) in [4.78, 5) is 33.4. The van der Waals surface area contributed by atoms with E-state index in [2.05, 4.69) is 6.92 Å². The van der Waals surface area contributed by atoms with Crippen LogP contribution in [0.15, 0.2) is 66.2 Å². The van der Waals surface area contributed by atoms with Crippen LogP contribution >= 0.6 is 11.3 Å². The van der Waals surface area contributed by atoms with E-state index in [1.807, 2.05) is 49.4 Å². The minimum absolute atomic E-state index is 0.0347. The number of thiazole rings is 1. The molecule has 4 aromatic rings. The van der Waals surface area contributed by atoms with E-state index >= 15 is 0 Å². The fourth-order valence-electron chi connectivity index (χ4n) is 5.23. The predicted molar refractivity (Wildman–Crippen MR) is 164 cm³/mol. The van der Waals surface area contributed by atoms with Gasteiger partial charge in [-0.3, -0.25) is 14.5 Å². The maximum atomic E-state index is 13.7. The number of Topliss-reactive ketones (excluding diaryl/α,β-unsaturated/α-hetero) is 1. The van der Waals surface area contributed by atoms with Gasteiger partial charge in [-0.25, -0.2) is 4.98 Å². The van der Waals surface area contributed by atoms with Crippen molar-refractivity contribution in [3.63, 3.8) is 0 Å². The van der Waals surface area contributed by atoms with E-state index in [-0.39, 0.29) is 11.3 Å². The number of amides is 1. The van der Waals surface area contributed by atoms with E-state index in [4.69, 9.17) is 23.9 Å². The fraction of sp³-hybridized carbons (Fsp3) is 0.303. The molecule has 1 aromatic heterocycles. The second-order valence-corrected chi connectivity index (χ2v) is 11.2. The van der Waals surface area contributed by atoms with Crippen LogP contribution < -0.4 is 23.8 Å². The summed E-state index contributed by atoms with van der Waals surface area (Å²) in [5.74, 6) is 0.517. The quantitative estimate of drug-likeness (QED) is 0.0932. The van der Waals surface area contributed by atoms with Crippen LogP contribution in [0.5, 0.6) is 23.0 Å². The lowest BCUT2D eigenvalue weighted by atomic mass is 9.95.